The number of rotatable bonds is 4. The number of hydrogen-bond donors (Lipinski definition) is 1. The standard InChI is InChI=1S/C25H19N5O2/c1-3-23(31)28-22-14-19(7-5-16(22)2)30-24(32)10-6-17-15-26-21-9-8-18(13-20(21)25(17)30)29-12-4-11-27-29/h3-15H,1H2,2H3,(H,28,31). The Morgan fingerprint density at radius 1 is 1.09 bits per heavy atom. The summed E-state index contributed by atoms with van der Waals surface area (Å²) in [5.41, 5.74) is 4.32. The number of hydrogen-bond acceptors (Lipinski definition) is 4. The average molecular weight is 421 g/mol. The van der Waals surface area contributed by atoms with Crippen molar-refractivity contribution in [2.45, 2.75) is 6.92 Å². The van der Waals surface area contributed by atoms with E-state index in [4.69, 9.17) is 0 Å². The van der Waals surface area contributed by atoms with Crippen molar-refractivity contribution in [1.82, 2.24) is 19.3 Å². The third-order valence-electron chi connectivity index (χ3n) is 5.39. The number of aryl methyl sites for hydroxylation is 1. The van der Waals surface area contributed by atoms with Crippen LogP contribution in [0.25, 0.3) is 33.2 Å². The number of anilines is 1. The van der Waals surface area contributed by atoms with Gasteiger partial charge in [0.25, 0.3) is 5.56 Å². The lowest BCUT2D eigenvalue weighted by Crippen LogP contribution is -2.18. The van der Waals surface area contributed by atoms with Gasteiger partial charge in [0.15, 0.2) is 0 Å². The number of nitrogens with zero attached hydrogens (tertiary/aromatic N) is 4. The van der Waals surface area contributed by atoms with Crippen LogP contribution in [0.5, 0.6) is 0 Å². The van der Waals surface area contributed by atoms with Gasteiger partial charge in [0.2, 0.25) is 5.91 Å². The highest BCUT2D eigenvalue weighted by atomic mass is 16.1. The van der Waals surface area contributed by atoms with E-state index in [9.17, 15) is 9.59 Å². The van der Waals surface area contributed by atoms with Crippen LogP contribution in [0.4, 0.5) is 5.69 Å². The lowest BCUT2D eigenvalue weighted by molar-refractivity contribution is -0.111. The molecule has 32 heavy (non-hydrogen) atoms. The van der Waals surface area contributed by atoms with Crippen LogP contribution in [0.15, 0.2) is 90.6 Å². The zero-order chi connectivity index (χ0) is 22.2. The van der Waals surface area contributed by atoms with Crippen LogP contribution in [0, 0.1) is 6.92 Å². The highest BCUT2D eigenvalue weighted by Gasteiger charge is 2.13. The molecule has 0 saturated carbocycles. The zero-order valence-electron chi connectivity index (χ0n) is 17.3. The molecular weight excluding hydrogens is 402 g/mol. The molecule has 0 saturated heterocycles. The van der Waals surface area contributed by atoms with Gasteiger partial charge in [0, 0.05) is 41.1 Å². The molecule has 0 aliphatic rings. The van der Waals surface area contributed by atoms with Crippen molar-refractivity contribution in [2.75, 3.05) is 5.32 Å². The van der Waals surface area contributed by atoms with Crippen LogP contribution < -0.4 is 10.9 Å². The fourth-order valence-corrected chi connectivity index (χ4v) is 3.79. The average Bonchev–Trinajstić information content (AvgIpc) is 3.35. The molecule has 0 fully saturated rings. The molecular formula is C25H19N5O2. The largest absolute Gasteiger partial charge is 0.322 e. The molecule has 0 spiro atoms. The lowest BCUT2D eigenvalue weighted by atomic mass is 10.1. The first-order valence-electron chi connectivity index (χ1n) is 10.0. The maximum atomic E-state index is 13.1. The smallest absolute Gasteiger partial charge is 0.255 e. The molecule has 0 atom stereocenters. The number of carbonyl (C=O) groups is 1. The van der Waals surface area contributed by atoms with Gasteiger partial charge in [-0.05, 0) is 61.0 Å². The normalized spacial score (nSPS) is 11.0. The van der Waals surface area contributed by atoms with Crippen molar-refractivity contribution in [3.05, 3.63) is 102 Å². The second-order valence-corrected chi connectivity index (χ2v) is 7.41. The van der Waals surface area contributed by atoms with E-state index >= 15 is 0 Å². The number of pyridine rings is 2. The maximum Gasteiger partial charge on any atom is 0.255 e. The number of carbonyl (C=O) groups excluding carboxylic acids is 1. The maximum absolute atomic E-state index is 13.1. The van der Waals surface area contributed by atoms with Crippen molar-refractivity contribution in [2.24, 2.45) is 0 Å². The number of aromatic nitrogens is 4. The summed E-state index contributed by atoms with van der Waals surface area (Å²) in [5, 5.41) is 8.76. The summed E-state index contributed by atoms with van der Waals surface area (Å²) in [7, 11) is 0. The first kappa shape index (κ1) is 19.4. The van der Waals surface area contributed by atoms with Gasteiger partial charge in [0.05, 0.1) is 22.4 Å². The van der Waals surface area contributed by atoms with Gasteiger partial charge in [-0.15, -0.1) is 0 Å². The van der Waals surface area contributed by atoms with Gasteiger partial charge in [-0.2, -0.15) is 5.10 Å². The molecule has 3 heterocycles. The topological polar surface area (TPSA) is 81.8 Å². The van der Waals surface area contributed by atoms with E-state index < -0.39 is 0 Å². The van der Waals surface area contributed by atoms with Gasteiger partial charge >= 0.3 is 0 Å². The molecule has 1 amide bonds. The summed E-state index contributed by atoms with van der Waals surface area (Å²) in [5.74, 6) is -0.311. The second-order valence-electron chi connectivity index (χ2n) is 7.41. The van der Waals surface area contributed by atoms with Crippen molar-refractivity contribution in [3.8, 4) is 11.4 Å². The van der Waals surface area contributed by atoms with Crippen LogP contribution in [0.2, 0.25) is 0 Å². The summed E-state index contributed by atoms with van der Waals surface area (Å²) in [6.45, 7) is 5.40. The summed E-state index contributed by atoms with van der Waals surface area (Å²) in [6, 6.07) is 16.5. The Balaban J connectivity index is 1.81. The molecule has 0 aliphatic heterocycles. The van der Waals surface area contributed by atoms with Gasteiger partial charge in [-0.1, -0.05) is 12.6 Å². The monoisotopic (exact) mass is 421 g/mol. The molecule has 3 aromatic heterocycles. The number of amides is 1. The Morgan fingerprint density at radius 3 is 2.72 bits per heavy atom. The molecule has 7 nitrogen and oxygen atoms in total. The van der Waals surface area contributed by atoms with Crippen LogP contribution in [-0.2, 0) is 4.79 Å². The molecule has 0 aliphatic carbocycles. The molecule has 0 bridgehead atoms. The molecule has 7 heteroatoms. The summed E-state index contributed by atoms with van der Waals surface area (Å²) in [4.78, 5) is 29.5. The van der Waals surface area contributed by atoms with Crippen LogP contribution in [-0.4, -0.2) is 25.2 Å². The number of fused-ring (bicyclic) bond motifs is 3. The molecule has 2 aromatic carbocycles. The van der Waals surface area contributed by atoms with Crippen LogP contribution >= 0.6 is 0 Å². The van der Waals surface area contributed by atoms with E-state index in [2.05, 4.69) is 22.0 Å². The molecule has 0 unspecified atom stereocenters. The van der Waals surface area contributed by atoms with Gasteiger partial charge in [-0.25, -0.2) is 4.68 Å². The Morgan fingerprint density at radius 2 is 1.94 bits per heavy atom. The summed E-state index contributed by atoms with van der Waals surface area (Å²) in [6.07, 6.45) is 6.55. The predicted octanol–water partition coefficient (Wildman–Crippen LogP) is 4.16. The van der Waals surface area contributed by atoms with Gasteiger partial charge in [0.1, 0.15) is 0 Å². The fourth-order valence-electron chi connectivity index (χ4n) is 3.79. The van der Waals surface area contributed by atoms with E-state index in [1.807, 2.05) is 49.5 Å². The Labute approximate surface area is 183 Å². The fraction of sp³-hybridized carbons (Fsp3) is 0.0400. The minimum Gasteiger partial charge on any atom is -0.322 e. The number of nitrogens with one attached hydrogen (secondary N) is 1. The van der Waals surface area contributed by atoms with Crippen molar-refractivity contribution < 1.29 is 4.79 Å². The van der Waals surface area contributed by atoms with Crippen LogP contribution in [0.1, 0.15) is 5.56 Å². The minimum absolute atomic E-state index is 0.181. The second kappa shape index (κ2) is 7.63. The van der Waals surface area contributed by atoms with Crippen molar-refractivity contribution >= 4 is 33.4 Å². The van der Waals surface area contributed by atoms with E-state index in [0.29, 0.717) is 11.4 Å². The van der Waals surface area contributed by atoms with Crippen LogP contribution in [0.3, 0.4) is 0 Å². The third kappa shape index (κ3) is 3.26. The molecule has 156 valence electrons. The highest BCUT2D eigenvalue weighted by molar-refractivity contribution is 6.05. The Bertz CT molecular complexity index is 1570. The SMILES string of the molecule is C=CC(=O)Nc1cc(-n2c(=O)ccc3cnc4ccc(-n5cccn5)cc4c32)ccc1C. The Hall–Kier alpha value is -4.52. The summed E-state index contributed by atoms with van der Waals surface area (Å²) >= 11 is 0. The minimum atomic E-state index is -0.311. The highest BCUT2D eigenvalue weighted by Crippen LogP contribution is 2.28. The third-order valence-corrected chi connectivity index (χ3v) is 5.39. The summed E-state index contributed by atoms with van der Waals surface area (Å²) < 4.78 is 3.41. The first-order valence-corrected chi connectivity index (χ1v) is 10.0. The molecule has 5 aromatic rings. The predicted molar refractivity (Wildman–Crippen MR) is 126 cm³/mol. The molecule has 1 N–H and O–H groups in total. The van der Waals surface area contributed by atoms with Gasteiger partial charge in [-0.3, -0.25) is 19.1 Å². The Kier molecular flexibility index (Phi) is 4.63. The zero-order valence-corrected chi connectivity index (χ0v) is 17.3. The molecule has 0 radical (unpaired) electrons. The number of benzene rings is 2. The van der Waals surface area contributed by atoms with Gasteiger partial charge < -0.3 is 5.32 Å². The lowest BCUT2D eigenvalue weighted by Gasteiger charge is -2.15. The van der Waals surface area contributed by atoms with E-state index in [-0.39, 0.29) is 11.5 Å². The quantitative estimate of drug-likeness (QED) is 0.349. The van der Waals surface area contributed by atoms with Crippen molar-refractivity contribution in [1.29, 1.82) is 0 Å². The van der Waals surface area contributed by atoms with E-state index in [0.717, 1.165) is 33.1 Å². The van der Waals surface area contributed by atoms with E-state index in [1.165, 1.54) is 12.1 Å². The van der Waals surface area contributed by atoms with E-state index in [1.54, 1.807) is 33.8 Å². The molecule has 5 rings (SSSR count). The van der Waals surface area contributed by atoms with Crippen molar-refractivity contribution in [3.63, 3.8) is 0 Å². The first-order chi connectivity index (χ1) is 15.5.